The van der Waals surface area contributed by atoms with E-state index >= 15 is 0 Å². The van der Waals surface area contributed by atoms with Crippen molar-refractivity contribution < 1.29 is 22.7 Å². The van der Waals surface area contributed by atoms with Crippen LogP contribution in [0, 0.1) is 6.92 Å². The Kier molecular flexibility index (Phi) is 7.49. The van der Waals surface area contributed by atoms with Crippen LogP contribution in [0.5, 0.6) is 0 Å². The Morgan fingerprint density at radius 2 is 1.79 bits per heavy atom. The molecule has 9 nitrogen and oxygen atoms in total. The SMILES string of the molecule is Cc1ccc(NC(=O)Nc2cc(S(=O)(=O)N3CCOCC3)ccc2NCC2CCCO2)cc1. The normalized spacial score (nSPS) is 19.2. The zero-order valence-electron chi connectivity index (χ0n) is 18.7. The lowest BCUT2D eigenvalue weighted by molar-refractivity contribution is 0.0730. The number of carbonyl (C=O) groups excluding carboxylic acids is 1. The number of urea groups is 1. The van der Waals surface area contributed by atoms with Crippen molar-refractivity contribution in [3.8, 4) is 0 Å². The molecule has 2 heterocycles. The minimum Gasteiger partial charge on any atom is -0.381 e. The van der Waals surface area contributed by atoms with E-state index in [2.05, 4.69) is 16.0 Å². The standard InChI is InChI=1S/C23H30N4O5S/c1-17-4-6-18(7-5-17)25-23(28)26-22-15-20(33(29,30)27-10-13-31-14-11-27)8-9-21(22)24-16-19-3-2-12-32-19/h4-9,15,19,24H,2-3,10-14,16H2,1H3,(H2,25,26,28). The molecule has 2 saturated heterocycles. The van der Waals surface area contributed by atoms with Gasteiger partial charge in [0.15, 0.2) is 0 Å². The summed E-state index contributed by atoms with van der Waals surface area (Å²) in [4.78, 5) is 12.8. The Balaban J connectivity index is 1.55. The van der Waals surface area contributed by atoms with Crippen molar-refractivity contribution >= 4 is 33.1 Å². The van der Waals surface area contributed by atoms with E-state index in [0.717, 1.165) is 25.0 Å². The van der Waals surface area contributed by atoms with Crippen LogP contribution in [0.25, 0.3) is 0 Å². The first-order valence-corrected chi connectivity index (χ1v) is 12.6. The number of carbonyl (C=O) groups is 1. The maximum atomic E-state index is 13.1. The summed E-state index contributed by atoms with van der Waals surface area (Å²) >= 11 is 0. The number of sulfonamides is 1. The van der Waals surface area contributed by atoms with Crippen LogP contribution in [0.1, 0.15) is 18.4 Å². The van der Waals surface area contributed by atoms with Crippen LogP contribution in [-0.2, 0) is 19.5 Å². The molecule has 1 atom stereocenters. The molecular formula is C23H30N4O5S. The molecule has 0 bridgehead atoms. The van der Waals surface area contributed by atoms with Crippen molar-refractivity contribution in [2.75, 3.05) is 55.4 Å². The number of rotatable bonds is 7. The second kappa shape index (κ2) is 10.5. The Morgan fingerprint density at radius 1 is 1.03 bits per heavy atom. The quantitative estimate of drug-likeness (QED) is 0.568. The fourth-order valence-corrected chi connectivity index (χ4v) is 5.26. The number of benzene rings is 2. The molecule has 0 radical (unpaired) electrons. The highest BCUT2D eigenvalue weighted by molar-refractivity contribution is 7.89. The molecule has 2 aliphatic heterocycles. The van der Waals surface area contributed by atoms with Gasteiger partial charge in [-0.1, -0.05) is 17.7 Å². The van der Waals surface area contributed by atoms with Crippen molar-refractivity contribution in [1.82, 2.24) is 4.31 Å². The molecule has 33 heavy (non-hydrogen) atoms. The number of hydrogen-bond donors (Lipinski definition) is 3. The fourth-order valence-electron chi connectivity index (χ4n) is 3.83. The minimum absolute atomic E-state index is 0.0935. The number of hydrogen-bond acceptors (Lipinski definition) is 6. The molecule has 10 heteroatoms. The summed E-state index contributed by atoms with van der Waals surface area (Å²) < 4.78 is 38.6. The van der Waals surface area contributed by atoms with Crippen LogP contribution in [0.4, 0.5) is 21.9 Å². The number of nitrogens with zero attached hydrogens (tertiary/aromatic N) is 1. The van der Waals surface area contributed by atoms with Crippen LogP contribution in [0.2, 0.25) is 0 Å². The molecule has 0 spiro atoms. The molecule has 4 rings (SSSR count). The first-order valence-electron chi connectivity index (χ1n) is 11.1. The Hall–Kier alpha value is -2.66. The molecular weight excluding hydrogens is 444 g/mol. The van der Waals surface area contributed by atoms with Crippen LogP contribution < -0.4 is 16.0 Å². The van der Waals surface area contributed by atoms with Gasteiger partial charge in [0.05, 0.1) is 35.6 Å². The van der Waals surface area contributed by atoms with E-state index in [-0.39, 0.29) is 11.0 Å². The maximum absolute atomic E-state index is 13.1. The zero-order valence-corrected chi connectivity index (χ0v) is 19.5. The number of amides is 2. The second-order valence-corrected chi connectivity index (χ2v) is 10.1. The van der Waals surface area contributed by atoms with Gasteiger partial charge in [0.2, 0.25) is 10.0 Å². The zero-order chi connectivity index (χ0) is 23.3. The lowest BCUT2D eigenvalue weighted by Gasteiger charge is -2.26. The third-order valence-electron chi connectivity index (χ3n) is 5.70. The van der Waals surface area contributed by atoms with Crippen LogP contribution >= 0.6 is 0 Å². The lowest BCUT2D eigenvalue weighted by Crippen LogP contribution is -2.40. The predicted molar refractivity (Wildman–Crippen MR) is 127 cm³/mol. The van der Waals surface area contributed by atoms with Gasteiger partial charge in [0, 0.05) is 31.9 Å². The average molecular weight is 475 g/mol. The molecule has 2 aliphatic rings. The van der Waals surface area contributed by atoms with Gasteiger partial charge in [-0.3, -0.25) is 0 Å². The summed E-state index contributed by atoms with van der Waals surface area (Å²) in [5.41, 5.74) is 2.74. The van der Waals surface area contributed by atoms with Gasteiger partial charge in [-0.2, -0.15) is 4.31 Å². The topological polar surface area (TPSA) is 109 Å². The summed E-state index contributed by atoms with van der Waals surface area (Å²) in [5.74, 6) is 0. The number of ether oxygens (including phenoxy) is 2. The number of anilines is 3. The van der Waals surface area contributed by atoms with Crippen LogP contribution in [0.3, 0.4) is 0 Å². The Bertz CT molecular complexity index is 1060. The second-order valence-electron chi connectivity index (χ2n) is 8.18. The van der Waals surface area contributed by atoms with Crippen molar-refractivity contribution in [2.45, 2.75) is 30.8 Å². The summed E-state index contributed by atoms with van der Waals surface area (Å²) in [6.45, 7) is 4.62. The van der Waals surface area contributed by atoms with E-state index in [1.165, 1.54) is 10.4 Å². The van der Waals surface area contributed by atoms with E-state index in [4.69, 9.17) is 9.47 Å². The Labute approximate surface area is 194 Å². The molecule has 2 amide bonds. The summed E-state index contributed by atoms with van der Waals surface area (Å²) in [6, 6.07) is 11.7. The highest BCUT2D eigenvalue weighted by Gasteiger charge is 2.27. The first-order chi connectivity index (χ1) is 15.9. The summed E-state index contributed by atoms with van der Waals surface area (Å²) in [6.07, 6.45) is 2.08. The van der Waals surface area contributed by atoms with Gasteiger partial charge >= 0.3 is 6.03 Å². The van der Waals surface area contributed by atoms with Crippen molar-refractivity contribution in [3.63, 3.8) is 0 Å². The highest BCUT2D eigenvalue weighted by Crippen LogP contribution is 2.28. The van der Waals surface area contributed by atoms with Gasteiger partial charge in [0.25, 0.3) is 0 Å². The van der Waals surface area contributed by atoms with Crippen molar-refractivity contribution in [2.24, 2.45) is 0 Å². The molecule has 0 aromatic heterocycles. The predicted octanol–water partition coefficient (Wildman–Crippen LogP) is 3.25. The van der Waals surface area contributed by atoms with E-state index in [1.807, 2.05) is 31.2 Å². The largest absolute Gasteiger partial charge is 0.381 e. The Morgan fingerprint density at radius 3 is 2.48 bits per heavy atom. The van der Waals surface area contributed by atoms with Crippen molar-refractivity contribution in [3.05, 3.63) is 48.0 Å². The molecule has 3 N–H and O–H groups in total. The molecule has 0 saturated carbocycles. The molecule has 178 valence electrons. The molecule has 1 unspecified atom stereocenters. The third kappa shape index (κ3) is 6.02. The minimum atomic E-state index is -3.70. The summed E-state index contributed by atoms with van der Waals surface area (Å²) in [5, 5.41) is 8.88. The van der Waals surface area contributed by atoms with Crippen LogP contribution in [0.15, 0.2) is 47.4 Å². The van der Waals surface area contributed by atoms with E-state index in [1.54, 1.807) is 12.1 Å². The van der Waals surface area contributed by atoms with Crippen molar-refractivity contribution in [1.29, 1.82) is 0 Å². The number of aryl methyl sites for hydroxylation is 1. The van der Waals surface area contributed by atoms with Crippen LogP contribution in [-0.4, -0.2) is 64.3 Å². The van der Waals surface area contributed by atoms with E-state index < -0.39 is 16.1 Å². The summed E-state index contributed by atoms with van der Waals surface area (Å²) in [7, 11) is -3.70. The molecule has 2 aromatic rings. The van der Waals surface area contributed by atoms with Gasteiger partial charge < -0.3 is 25.4 Å². The average Bonchev–Trinajstić information content (AvgIpc) is 3.34. The monoisotopic (exact) mass is 474 g/mol. The van der Waals surface area contributed by atoms with Gasteiger partial charge in [0.1, 0.15) is 0 Å². The smallest absolute Gasteiger partial charge is 0.323 e. The molecule has 2 fully saturated rings. The van der Waals surface area contributed by atoms with E-state index in [0.29, 0.717) is 49.9 Å². The molecule has 2 aromatic carbocycles. The van der Waals surface area contributed by atoms with Gasteiger partial charge in [-0.05, 0) is 50.1 Å². The maximum Gasteiger partial charge on any atom is 0.323 e. The van der Waals surface area contributed by atoms with E-state index in [9.17, 15) is 13.2 Å². The molecule has 0 aliphatic carbocycles. The number of nitrogens with one attached hydrogen (secondary N) is 3. The van der Waals surface area contributed by atoms with Gasteiger partial charge in [-0.15, -0.1) is 0 Å². The first kappa shape index (κ1) is 23.5. The van der Waals surface area contributed by atoms with Gasteiger partial charge in [-0.25, -0.2) is 13.2 Å². The highest BCUT2D eigenvalue weighted by atomic mass is 32.2. The number of morpholine rings is 1. The third-order valence-corrected chi connectivity index (χ3v) is 7.60. The fraction of sp³-hybridized carbons (Fsp3) is 0.435. The lowest BCUT2D eigenvalue weighted by atomic mass is 10.2.